The molecule has 1 heterocycles. The molecule has 3 rings (SSSR count). The van der Waals surface area contributed by atoms with E-state index in [0.29, 0.717) is 12.8 Å². The third-order valence-electron chi connectivity index (χ3n) is 4.08. The summed E-state index contributed by atoms with van der Waals surface area (Å²) in [5.41, 5.74) is 3.35. The maximum atomic E-state index is 11.0. The highest BCUT2D eigenvalue weighted by molar-refractivity contribution is 5.94. The van der Waals surface area contributed by atoms with Gasteiger partial charge in [-0.15, -0.1) is 0 Å². The number of hydrogen-bond donors (Lipinski definition) is 2. The number of carboxylic acids is 1. The van der Waals surface area contributed by atoms with Crippen molar-refractivity contribution in [1.29, 1.82) is 0 Å². The van der Waals surface area contributed by atoms with E-state index >= 15 is 0 Å². The molecule has 0 radical (unpaired) electrons. The first-order valence-electron chi connectivity index (χ1n) is 6.76. The van der Waals surface area contributed by atoms with E-state index in [1.54, 1.807) is 12.1 Å². The lowest BCUT2D eigenvalue weighted by Gasteiger charge is -2.18. The van der Waals surface area contributed by atoms with Crippen LogP contribution in [0.2, 0.25) is 0 Å². The molecule has 0 amide bonds. The van der Waals surface area contributed by atoms with Gasteiger partial charge in [0.05, 0.1) is 5.92 Å². The molecule has 0 aliphatic heterocycles. The zero-order chi connectivity index (χ0) is 14.3. The van der Waals surface area contributed by atoms with Gasteiger partial charge < -0.3 is 14.8 Å². The van der Waals surface area contributed by atoms with Crippen LogP contribution in [0.25, 0.3) is 16.5 Å². The minimum Gasteiger partial charge on any atom is -0.508 e. The van der Waals surface area contributed by atoms with Crippen LogP contribution in [0.15, 0.2) is 30.5 Å². The van der Waals surface area contributed by atoms with E-state index in [1.807, 2.05) is 23.8 Å². The number of rotatable bonds is 2. The van der Waals surface area contributed by atoms with Crippen molar-refractivity contribution in [3.05, 3.63) is 36.0 Å². The molecule has 1 unspecified atom stereocenters. The molecule has 0 fully saturated rings. The molecule has 2 N–H and O–H groups in total. The summed E-state index contributed by atoms with van der Waals surface area (Å²) in [5, 5.41) is 19.7. The van der Waals surface area contributed by atoms with Crippen molar-refractivity contribution >= 4 is 22.4 Å². The standard InChI is InChI=1S/C16H17NO3/c1-17-9-14(13-8-12(18)6-7-15(13)17)10-2-4-11(5-3-10)16(19)20/h2,6-9,11,18H,3-5H2,1H3,(H,19,20). The molecule has 0 saturated carbocycles. The fraction of sp³-hybridized carbons (Fsp3) is 0.312. The van der Waals surface area contributed by atoms with Gasteiger partial charge >= 0.3 is 5.97 Å². The zero-order valence-electron chi connectivity index (χ0n) is 11.3. The number of phenols is 1. The Labute approximate surface area is 117 Å². The van der Waals surface area contributed by atoms with Crippen molar-refractivity contribution in [2.75, 3.05) is 0 Å². The van der Waals surface area contributed by atoms with Crippen LogP contribution in [-0.2, 0) is 11.8 Å². The number of allylic oxidation sites excluding steroid dienone is 2. The third kappa shape index (κ3) is 2.07. The summed E-state index contributed by atoms with van der Waals surface area (Å²) in [4.78, 5) is 11.0. The lowest BCUT2D eigenvalue weighted by molar-refractivity contribution is -0.141. The number of phenolic OH excluding ortho intramolecular Hbond substituents is 1. The highest BCUT2D eigenvalue weighted by Gasteiger charge is 2.22. The minimum absolute atomic E-state index is 0.254. The summed E-state index contributed by atoms with van der Waals surface area (Å²) < 4.78 is 2.04. The van der Waals surface area contributed by atoms with E-state index in [-0.39, 0.29) is 11.7 Å². The number of benzene rings is 1. The smallest absolute Gasteiger partial charge is 0.306 e. The van der Waals surface area contributed by atoms with Gasteiger partial charge in [-0.05, 0) is 43.0 Å². The quantitative estimate of drug-likeness (QED) is 0.882. The Kier molecular flexibility index (Phi) is 3.01. The molecule has 1 aliphatic carbocycles. The van der Waals surface area contributed by atoms with Crippen molar-refractivity contribution in [1.82, 2.24) is 4.57 Å². The SMILES string of the molecule is Cn1cc(C2=CCC(C(=O)O)CC2)c2cc(O)ccc21. The van der Waals surface area contributed by atoms with Gasteiger partial charge in [0.25, 0.3) is 0 Å². The molecule has 1 aliphatic rings. The van der Waals surface area contributed by atoms with Gasteiger partial charge in [0.1, 0.15) is 5.75 Å². The summed E-state index contributed by atoms with van der Waals surface area (Å²) in [6, 6.07) is 5.36. The van der Waals surface area contributed by atoms with Gasteiger partial charge in [-0.2, -0.15) is 0 Å². The first-order chi connectivity index (χ1) is 9.56. The van der Waals surface area contributed by atoms with E-state index in [4.69, 9.17) is 5.11 Å². The Bertz CT molecular complexity index is 712. The average Bonchev–Trinajstić information content (AvgIpc) is 2.75. The van der Waals surface area contributed by atoms with Crippen molar-refractivity contribution in [2.24, 2.45) is 13.0 Å². The number of aromatic hydroxyl groups is 1. The van der Waals surface area contributed by atoms with Crippen LogP contribution in [0.5, 0.6) is 5.75 Å². The maximum absolute atomic E-state index is 11.0. The first-order valence-corrected chi connectivity index (χ1v) is 6.76. The molecule has 1 atom stereocenters. The van der Waals surface area contributed by atoms with E-state index < -0.39 is 5.97 Å². The molecule has 0 saturated heterocycles. The summed E-state index contributed by atoms with van der Waals surface area (Å²) >= 11 is 0. The summed E-state index contributed by atoms with van der Waals surface area (Å²) in [6.45, 7) is 0. The summed E-state index contributed by atoms with van der Waals surface area (Å²) in [6.07, 6.45) is 6.11. The molecule has 1 aromatic heterocycles. The molecule has 4 nitrogen and oxygen atoms in total. The Morgan fingerprint density at radius 1 is 1.40 bits per heavy atom. The van der Waals surface area contributed by atoms with Gasteiger partial charge in [-0.25, -0.2) is 0 Å². The number of hydrogen-bond acceptors (Lipinski definition) is 2. The monoisotopic (exact) mass is 271 g/mol. The largest absolute Gasteiger partial charge is 0.508 e. The van der Waals surface area contributed by atoms with Crippen LogP contribution in [0, 0.1) is 5.92 Å². The predicted octanol–water partition coefficient (Wildman–Crippen LogP) is 3.15. The van der Waals surface area contributed by atoms with Crippen LogP contribution >= 0.6 is 0 Å². The number of aliphatic carboxylic acids is 1. The molecule has 20 heavy (non-hydrogen) atoms. The third-order valence-corrected chi connectivity index (χ3v) is 4.08. The zero-order valence-corrected chi connectivity index (χ0v) is 11.3. The van der Waals surface area contributed by atoms with Gasteiger partial charge in [0.2, 0.25) is 0 Å². The van der Waals surface area contributed by atoms with Gasteiger partial charge in [0, 0.05) is 29.7 Å². The lowest BCUT2D eigenvalue weighted by Crippen LogP contribution is -2.15. The van der Waals surface area contributed by atoms with Crippen molar-refractivity contribution in [2.45, 2.75) is 19.3 Å². The Balaban J connectivity index is 2.03. The van der Waals surface area contributed by atoms with Crippen LogP contribution in [0.3, 0.4) is 0 Å². The normalized spacial score (nSPS) is 19.1. The van der Waals surface area contributed by atoms with E-state index in [2.05, 4.69) is 6.20 Å². The van der Waals surface area contributed by atoms with Gasteiger partial charge in [0.15, 0.2) is 0 Å². The van der Waals surface area contributed by atoms with Crippen LogP contribution in [0.4, 0.5) is 0 Å². The first kappa shape index (κ1) is 12.8. The number of carbonyl (C=O) groups is 1. The Morgan fingerprint density at radius 3 is 2.85 bits per heavy atom. The molecule has 4 heteroatoms. The fourth-order valence-corrected chi connectivity index (χ4v) is 2.94. The summed E-state index contributed by atoms with van der Waals surface area (Å²) in [7, 11) is 1.98. The molecule has 104 valence electrons. The molecule has 1 aromatic carbocycles. The topological polar surface area (TPSA) is 62.5 Å². The Hall–Kier alpha value is -2.23. The van der Waals surface area contributed by atoms with E-state index in [1.165, 1.54) is 5.57 Å². The van der Waals surface area contributed by atoms with Crippen molar-refractivity contribution in [3.8, 4) is 5.75 Å². The van der Waals surface area contributed by atoms with Crippen molar-refractivity contribution < 1.29 is 15.0 Å². The lowest BCUT2D eigenvalue weighted by atomic mass is 9.86. The summed E-state index contributed by atoms with van der Waals surface area (Å²) in [5.74, 6) is -0.720. The minimum atomic E-state index is -0.712. The van der Waals surface area contributed by atoms with Gasteiger partial charge in [-0.1, -0.05) is 6.08 Å². The molecule has 2 aromatic rings. The van der Waals surface area contributed by atoms with Crippen LogP contribution in [0.1, 0.15) is 24.8 Å². The maximum Gasteiger partial charge on any atom is 0.306 e. The predicted molar refractivity (Wildman–Crippen MR) is 77.5 cm³/mol. The number of aromatic nitrogens is 1. The second kappa shape index (κ2) is 4.71. The Morgan fingerprint density at radius 2 is 2.20 bits per heavy atom. The van der Waals surface area contributed by atoms with E-state index in [9.17, 15) is 9.90 Å². The fourth-order valence-electron chi connectivity index (χ4n) is 2.94. The highest BCUT2D eigenvalue weighted by Crippen LogP contribution is 2.35. The number of nitrogens with zero attached hydrogens (tertiary/aromatic N) is 1. The molecule has 0 bridgehead atoms. The molecular weight excluding hydrogens is 254 g/mol. The van der Waals surface area contributed by atoms with Crippen LogP contribution < -0.4 is 0 Å². The van der Waals surface area contributed by atoms with E-state index in [0.717, 1.165) is 22.9 Å². The van der Waals surface area contributed by atoms with Gasteiger partial charge in [-0.3, -0.25) is 4.79 Å². The average molecular weight is 271 g/mol. The second-order valence-corrected chi connectivity index (χ2v) is 5.39. The second-order valence-electron chi connectivity index (χ2n) is 5.39. The number of aryl methyl sites for hydroxylation is 1. The number of fused-ring (bicyclic) bond motifs is 1. The van der Waals surface area contributed by atoms with Crippen LogP contribution in [-0.4, -0.2) is 20.7 Å². The van der Waals surface area contributed by atoms with Crippen molar-refractivity contribution in [3.63, 3.8) is 0 Å². The number of carboxylic acid groups (broad SMARTS) is 1. The highest BCUT2D eigenvalue weighted by atomic mass is 16.4. The molecular formula is C16H17NO3. The molecule has 0 spiro atoms.